The van der Waals surface area contributed by atoms with Crippen molar-refractivity contribution in [3.05, 3.63) is 103 Å². The number of piperazine rings is 1. The van der Waals surface area contributed by atoms with Crippen molar-refractivity contribution in [2.24, 2.45) is 0 Å². The topological polar surface area (TPSA) is 103 Å². The molecule has 210 valence electrons. The summed E-state index contributed by atoms with van der Waals surface area (Å²) in [6.45, 7) is 5.04. The van der Waals surface area contributed by atoms with Crippen molar-refractivity contribution >= 4 is 45.7 Å². The fourth-order valence-corrected chi connectivity index (χ4v) is 5.13. The third-order valence-electron chi connectivity index (χ3n) is 7.30. The van der Waals surface area contributed by atoms with Crippen LogP contribution in [-0.4, -0.2) is 52.9 Å². The van der Waals surface area contributed by atoms with Crippen LogP contribution in [-0.2, 0) is 16.0 Å². The van der Waals surface area contributed by atoms with Crippen molar-refractivity contribution in [1.29, 1.82) is 0 Å². The molecule has 0 saturated carbocycles. The molecule has 3 aromatic carbocycles. The summed E-state index contributed by atoms with van der Waals surface area (Å²) in [5.74, 6) is 0.652. The summed E-state index contributed by atoms with van der Waals surface area (Å²) in [6, 6.07) is 25.3. The molecule has 0 spiro atoms. The summed E-state index contributed by atoms with van der Waals surface area (Å²) in [5, 5.41) is 5.69. The highest BCUT2D eigenvalue weighted by Crippen LogP contribution is 2.26. The van der Waals surface area contributed by atoms with Gasteiger partial charge in [0.15, 0.2) is 0 Å². The number of rotatable bonds is 7. The van der Waals surface area contributed by atoms with Crippen LogP contribution in [0.5, 0.6) is 0 Å². The van der Waals surface area contributed by atoms with Gasteiger partial charge in [0.25, 0.3) is 0 Å². The van der Waals surface area contributed by atoms with Gasteiger partial charge in [-0.1, -0.05) is 30.3 Å². The van der Waals surface area contributed by atoms with Crippen molar-refractivity contribution < 1.29 is 9.59 Å². The van der Waals surface area contributed by atoms with E-state index in [1.807, 2.05) is 79.3 Å². The Kier molecular flexibility index (Phi) is 7.72. The van der Waals surface area contributed by atoms with Crippen LogP contribution in [0.1, 0.15) is 12.5 Å². The summed E-state index contributed by atoms with van der Waals surface area (Å²) in [4.78, 5) is 42.2. The van der Waals surface area contributed by atoms with Crippen molar-refractivity contribution in [3.8, 4) is 11.1 Å². The van der Waals surface area contributed by atoms with E-state index in [1.165, 1.54) is 12.6 Å². The van der Waals surface area contributed by atoms with E-state index < -0.39 is 0 Å². The fourth-order valence-electron chi connectivity index (χ4n) is 5.13. The predicted octanol–water partition coefficient (Wildman–Crippen LogP) is 5.16. The first kappa shape index (κ1) is 26.9. The molecule has 1 aliphatic heterocycles. The number of pyridine rings is 1. The molecule has 9 heteroatoms. The van der Waals surface area contributed by atoms with Gasteiger partial charge in [0.05, 0.1) is 23.7 Å². The van der Waals surface area contributed by atoms with E-state index in [1.54, 1.807) is 12.1 Å². The molecule has 0 aliphatic carbocycles. The van der Waals surface area contributed by atoms with Crippen molar-refractivity contribution in [2.75, 3.05) is 46.6 Å². The Balaban J connectivity index is 1.09. The summed E-state index contributed by atoms with van der Waals surface area (Å²) in [5.41, 5.74) is 7.26. The molecule has 2 amide bonds. The Bertz CT molecular complexity index is 1700. The Labute approximate surface area is 244 Å². The molecule has 2 N–H and O–H groups in total. The van der Waals surface area contributed by atoms with E-state index in [-0.39, 0.29) is 18.2 Å². The van der Waals surface area contributed by atoms with Crippen LogP contribution >= 0.6 is 0 Å². The van der Waals surface area contributed by atoms with Crippen molar-refractivity contribution in [2.45, 2.75) is 13.3 Å². The normalized spacial score (nSPS) is 13.2. The fraction of sp³-hybridized carbons (Fsp3) is 0.182. The van der Waals surface area contributed by atoms with Gasteiger partial charge in [0.2, 0.25) is 11.8 Å². The first-order valence-electron chi connectivity index (χ1n) is 13.9. The number of hydrogen-bond acceptors (Lipinski definition) is 7. The molecule has 0 radical (unpaired) electrons. The highest BCUT2D eigenvalue weighted by atomic mass is 16.2. The summed E-state index contributed by atoms with van der Waals surface area (Å²) >= 11 is 0. The lowest BCUT2D eigenvalue weighted by molar-refractivity contribution is -0.116. The van der Waals surface area contributed by atoms with E-state index in [0.717, 1.165) is 65.4 Å². The lowest BCUT2D eigenvalue weighted by atomic mass is 10.0. The maximum absolute atomic E-state index is 12.6. The molecule has 6 rings (SSSR count). The number of benzene rings is 3. The van der Waals surface area contributed by atoms with Crippen LogP contribution in [0, 0.1) is 0 Å². The lowest BCUT2D eigenvalue weighted by Crippen LogP contribution is -2.46. The van der Waals surface area contributed by atoms with Gasteiger partial charge in [-0.3, -0.25) is 19.6 Å². The standard InChI is InChI=1S/C33H31N7O2/c1-23(41)36-27-7-2-24(3-8-27)20-33(42)37-28-9-4-25(5-10-28)26-6-11-30-31(21-26)38-32(22-35-30)40-18-16-39(17-19-40)29-12-14-34-15-13-29/h2-15,21-22H,16-20H2,1H3,(H,36,41)(H,37,42). The Morgan fingerprint density at radius 2 is 1.38 bits per heavy atom. The highest BCUT2D eigenvalue weighted by Gasteiger charge is 2.19. The van der Waals surface area contributed by atoms with E-state index in [2.05, 4.69) is 36.5 Å². The van der Waals surface area contributed by atoms with E-state index in [9.17, 15) is 9.59 Å². The average Bonchev–Trinajstić information content (AvgIpc) is 3.02. The van der Waals surface area contributed by atoms with E-state index >= 15 is 0 Å². The Hall–Kier alpha value is -5.31. The Morgan fingerprint density at radius 1 is 0.738 bits per heavy atom. The first-order valence-corrected chi connectivity index (χ1v) is 13.9. The smallest absolute Gasteiger partial charge is 0.228 e. The molecule has 0 atom stereocenters. The molecule has 2 aromatic heterocycles. The van der Waals surface area contributed by atoms with Gasteiger partial charge in [-0.25, -0.2) is 4.98 Å². The highest BCUT2D eigenvalue weighted by molar-refractivity contribution is 5.93. The number of carbonyl (C=O) groups is 2. The quantitative estimate of drug-likeness (QED) is 0.285. The van der Waals surface area contributed by atoms with Gasteiger partial charge < -0.3 is 20.4 Å². The maximum atomic E-state index is 12.6. The number of nitrogens with zero attached hydrogens (tertiary/aromatic N) is 5. The average molecular weight is 558 g/mol. The number of aromatic nitrogens is 3. The van der Waals surface area contributed by atoms with Crippen LogP contribution in [0.2, 0.25) is 0 Å². The molecular weight excluding hydrogens is 526 g/mol. The minimum Gasteiger partial charge on any atom is -0.368 e. The molecule has 1 saturated heterocycles. The summed E-state index contributed by atoms with van der Waals surface area (Å²) < 4.78 is 0. The van der Waals surface area contributed by atoms with E-state index in [4.69, 9.17) is 4.98 Å². The zero-order valence-electron chi connectivity index (χ0n) is 23.3. The van der Waals surface area contributed by atoms with Gasteiger partial charge in [-0.15, -0.1) is 0 Å². The van der Waals surface area contributed by atoms with Crippen molar-refractivity contribution in [3.63, 3.8) is 0 Å². The number of anilines is 4. The van der Waals surface area contributed by atoms with Gasteiger partial charge in [0, 0.05) is 62.6 Å². The molecule has 3 heterocycles. The number of fused-ring (bicyclic) bond motifs is 1. The number of amides is 2. The zero-order chi connectivity index (χ0) is 28.9. The summed E-state index contributed by atoms with van der Waals surface area (Å²) in [6.07, 6.45) is 5.76. The van der Waals surface area contributed by atoms with Crippen LogP contribution < -0.4 is 20.4 Å². The van der Waals surface area contributed by atoms with Crippen molar-refractivity contribution in [1.82, 2.24) is 15.0 Å². The third-order valence-corrected chi connectivity index (χ3v) is 7.30. The van der Waals surface area contributed by atoms with Gasteiger partial charge in [-0.05, 0) is 65.2 Å². The van der Waals surface area contributed by atoms with E-state index in [0.29, 0.717) is 5.69 Å². The largest absolute Gasteiger partial charge is 0.368 e. The number of hydrogen-bond donors (Lipinski definition) is 2. The van der Waals surface area contributed by atoms with Crippen LogP contribution in [0.4, 0.5) is 22.9 Å². The molecule has 1 aliphatic rings. The van der Waals surface area contributed by atoms with Gasteiger partial charge >= 0.3 is 0 Å². The first-order chi connectivity index (χ1) is 20.5. The summed E-state index contributed by atoms with van der Waals surface area (Å²) in [7, 11) is 0. The second kappa shape index (κ2) is 12.1. The van der Waals surface area contributed by atoms with Gasteiger partial charge in [0.1, 0.15) is 5.82 Å². The minimum atomic E-state index is -0.128. The van der Waals surface area contributed by atoms with Crippen LogP contribution in [0.3, 0.4) is 0 Å². The lowest BCUT2D eigenvalue weighted by Gasteiger charge is -2.36. The molecule has 1 fully saturated rings. The Morgan fingerprint density at radius 3 is 2.10 bits per heavy atom. The SMILES string of the molecule is CC(=O)Nc1ccc(CC(=O)Nc2ccc(-c3ccc4ncc(N5CCN(c6ccncc6)CC5)nc4c3)cc2)cc1. The molecule has 9 nitrogen and oxygen atoms in total. The molecule has 0 unspecified atom stereocenters. The second-order valence-electron chi connectivity index (χ2n) is 10.3. The molecular formula is C33H31N7O2. The van der Waals surface area contributed by atoms with Crippen LogP contribution in [0.15, 0.2) is 97.5 Å². The molecule has 5 aromatic rings. The van der Waals surface area contributed by atoms with Gasteiger partial charge in [-0.2, -0.15) is 0 Å². The monoisotopic (exact) mass is 557 g/mol. The molecule has 42 heavy (non-hydrogen) atoms. The number of carbonyl (C=O) groups excluding carboxylic acids is 2. The minimum absolute atomic E-state index is 0.106. The maximum Gasteiger partial charge on any atom is 0.228 e. The second-order valence-corrected chi connectivity index (χ2v) is 10.3. The molecule has 0 bridgehead atoms. The van der Waals surface area contributed by atoms with Crippen LogP contribution in [0.25, 0.3) is 22.2 Å². The predicted molar refractivity (Wildman–Crippen MR) is 167 cm³/mol. The number of nitrogens with one attached hydrogen (secondary N) is 2. The third kappa shape index (κ3) is 6.36. The zero-order valence-corrected chi connectivity index (χ0v) is 23.3.